The van der Waals surface area contributed by atoms with E-state index in [4.69, 9.17) is 17.3 Å². The van der Waals surface area contributed by atoms with Crippen molar-refractivity contribution in [1.29, 1.82) is 0 Å². The molecule has 6 nitrogen and oxygen atoms in total. The number of carbonyl (C=O) groups is 1. The summed E-state index contributed by atoms with van der Waals surface area (Å²) < 4.78 is 1.50. The van der Waals surface area contributed by atoms with Crippen LogP contribution in [0.4, 0.5) is 0 Å². The van der Waals surface area contributed by atoms with Gasteiger partial charge < -0.3 is 11.1 Å². The van der Waals surface area contributed by atoms with E-state index in [2.05, 4.69) is 15.6 Å². The van der Waals surface area contributed by atoms with Gasteiger partial charge in [0.15, 0.2) is 0 Å². The zero-order valence-corrected chi connectivity index (χ0v) is 11.7. The fourth-order valence-electron chi connectivity index (χ4n) is 1.68. The van der Waals surface area contributed by atoms with Crippen molar-refractivity contribution in [2.45, 2.75) is 19.5 Å². The molecule has 0 saturated carbocycles. The topological polar surface area (TPSA) is 85.8 Å². The average molecular weight is 294 g/mol. The molecule has 0 fully saturated rings. The van der Waals surface area contributed by atoms with Crippen LogP contribution in [0, 0.1) is 0 Å². The van der Waals surface area contributed by atoms with Gasteiger partial charge in [-0.3, -0.25) is 4.79 Å². The minimum absolute atomic E-state index is 0.121. The molecule has 7 heteroatoms. The number of halogens is 1. The van der Waals surface area contributed by atoms with Crippen molar-refractivity contribution in [3.05, 3.63) is 46.7 Å². The lowest BCUT2D eigenvalue weighted by Crippen LogP contribution is -2.27. The summed E-state index contributed by atoms with van der Waals surface area (Å²) in [7, 11) is 0. The van der Waals surface area contributed by atoms with Gasteiger partial charge in [-0.1, -0.05) is 28.9 Å². The van der Waals surface area contributed by atoms with Crippen LogP contribution in [-0.2, 0) is 24.3 Å². The Labute approximate surface area is 121 Å². The maximum Gasteiger partial charge on any atom is 0.242 e. The van der Waals surface area contributed by atoms with Gasteiger partial charge in [-0.25, -0.2) is 4.68 Å². The van der Waals surface area contributed by atoms with E-state index < -0.39 is 0 Å². The highest BCUT2D eigenvalue weighted by molar-refractivity contribution is 6.30. The molecule has 1 amide bonds. The van der Waals surface area contributed by atoms with Crippen LogP contribution in [0.1, 0.15) is 11.3 Å². The number of hydrogen-bond donors (Lipinski definition) is 2. The zero-order valence-electron chi connectivity index (χ0n) is 10.9. The zero-order chi connectivity index (χ0) is 14.4. The van der Waals surface area contributed by atoms with E-state index in [-0.39, 0.29) is 12.5 Å². The van der Waals surface area contributed by atoms with Crippen LogP contribution in [0.15, 0.2) is 30.5 Å². The van der Waals surface area contributed by atoms with Gasteiger partial charge in [-0.05, 0) is 24.2 Å². The van der Waals surface area contributed by atoms with Crippen LogP contribution in [-0.4, -0.2) is 27.4 Å². The number of aromatic nitrogens is 3. The SMILES string of the molecule is NCCc1cn(CC(=O)NCc2ccc(Cl)cc2)nn1. The molecule has 0 aliphatic carbocycles. The first-order valence-electron chi connectivity index (χ1n) is 6.27. The molecule has 0 radical (unpaired) electrons. The Morgan fingerprint density at radius 2 is 2.10 bits per heavy atom. The Balaban J connectivity index is 1.81. The molecule has 0 atom stereocenters. The highest BCUT2D eigenvalue weighted by Gasteiger charge is 2.05. The molecule has 106 valence electrons. The Kier molecular flexibility index (Phi) is 5.09. The number of carbonyl (C=O) groups excluding carboxylic acids is 1. The highest BCUT2D eigenvalue weighted by Crippen LogP contribution is 2.09. The summed E-state index contributed by atoms with van der Waals surface area (Å²) in [6, 6.07) is 7.33. The van der Waals surface area contributed by atoms with Gasteiger partial charge in [0.25, 0.3) is 0 Å². The molecule has 1 aromatic carbocycles. The lowest BCUT2D eigenvalue weighted by Gasteiger charge is -2.05. The van der Waals surface area contributed by atoms with Crippen LogP contribution in [0.3, 0.4) is 0 Å². The highest BCUT2D eigenvalue weighted by atomic mass is 35.5. The van der Waals surface area contributed by atoms with Crippen molar-refractivity contribution in [3.63, 3.8) is 0 Å². The van der Waals surface area contributed by atoms with Crippen molar-refractivity contribution in [2.75, 3.05) is 6.54 Å². The third-order valence-corrected chi connectivity index (χ3v) is 2.95. The van der Waals surface area contributed by atoms with Crippen LogP contribution < -0.4 is 11.1 Å². The number of benzene rings is 1. The Morgan fingerprint density at radius 1 is 1.35 bits per heavy atom. The van der Waals surface area contributed by atoms with Gasteiger partial charge in [0, 0.05) is 24.2 Å². The lowest BCUT2D eigenvalue weighted by atomic mass is 10.2. The van der Waals surface area contributed by atoms with Crippen LogP contribution in [0.5, 0.6) is 0 Å². The smallest absolute Gasteiger partial charge is 0.242 e. The standard InChI is InChI=1S/C13H16ClN5O/c14-11-3-1-10(2-4-11)7-16-13(20)9-19-8-12(5-6-15)17-18-19/h1-4,8H,5-7,9,15H2,(H,16,20). The number of rotatable bonds is 6. The van der Waals surface area contributed by atoms with Gasteiger partial charge in [0.2, 0.25) is 5.91 Å². The minimum atomic E-state index is -0.121. The second kappa shape index (κ2) is 7.02. The molecule has 3 N–H and O–H groups in total. The van der Waals surface area contributed by atoms with Gasteiger partial charge in [-0.2, -0.15) is 0 Å². The molecule has 1 aromatic heterocycles. The summed E-state index contributed by atoms with van der Waals surface area (Å²) >= 11 is 5.79. The van der Waals surface area contributed by atoms with E-state index in [1.54, 1.807) is 18.3 Å². The summed E-state index contributed by atoms with van der Waals surface area (Å²) in [5.41, 5.74) is 7.21. The summed E-state index contributed by atoms with van der Waals surface area (Å²) in [5.74, 6) is -0.121. The van der Waals surface area contributed by atoms with Crippen LogP contribution in [0.2, 0.25) is 5.02 Å². The predicted octanol–water partition coefficient (Wildman–Crippen LogP) is 0.749. The second-order valence-electron chi connectivity index (χ2n) is 4.35. The van der Waals surface area contributed by atoms with Crippen molar-refractivity contribution >= 4 is 17.5 Å². The van der Waals surface area contributed by atoms with Gasteiger partial charge >= 0.3 is 0 Å². The molecule has 0 unspecified atom stereocenters. The molecule has 20 heavy (non-hydrogen) atoms. The second-order valence-corrected chi connectivity index (χ2v) is 4.79. The molecular formula is C13H16ClN5O. The fraction of sp³-hybridized carbons (Fsp3) is 0.308. The van der Waals surface area contributed by atoms with E-state index in [0.717, 1.165) is 11.3 Å². The first-order valence-corrected chi connectivity index (χ1v) is 6.65. The predicted molar refractivity (Wildman–Crippen MR) is 76.1 cm³/mol. The summed E-state index contributed by atoms with van der Waals surface area (Å²) in [6.45, 7) is 1.12. The summed E-state index contributed by atoms with van der Waals surface area (Å²) in [4.78, 5) is 11.8. The molecule has 0 spiro atoms. The number of nitrogens with two attached hydrogens (primary N) is 1. The van der Waals surface area contributed by atoms with E-state index in [1.165, 1.54) is 4.68 Å². The molecule has 0 bridgehead atoms. The monoisotopic (exact) mass is 293 g/mol. The Morgan fingerprint density at radius 3 is 2.80 bits per heavy atom. The maximum atomic E-state index is 11.8. The Bertz CT molecular complexity index is 566. The molecule has 0 aliphatic rings. The first kappa shape index (κ1) is 14.5. The number of nitrogens with zero attached hydrogens (tertiary/aromatic N) is 3. The van der Waals surface area contributed by atoms with Crippen molar-refractivity contribution in [3.8, 4) is 0 Å². The molecule has 2 rings (SSSR count). The largest absolute Gasteiger partial charge is 0.350 e. The third-order valence-electron chi connectivity index (χ3n) is 2.70. The summed E-state index contributed by atoms with van der Waals surface area (Å²) in [6.07, 6.45) is 2.39. The maximum absolute atomic E-state index is 11.8. The van der Waals surface area contributed by atoms with Crippen LogP contribution >= 0.6 is 11.6 Å². The molecule has 1 heterocycles. The molecule has 2 aromatic rings. The molecule has 0 aliphatic heterocycles. The third kappa shape index (κ3) is 4.32. The van der Waals surface area contributed by atoms with E-state index in [1.807, 2.05) is 12.1 Å². The van der Waals surface area contributed by atoms with Crippen molar-refractivity contribution in [2.24, 2.45) is 5.73 Å². The lowest BCUT2D eigenvalue weighted by molar-refractivity contribution is -0.122. The van der Waals surface area contributed by atoms with Gasteiger partial charge in [-0.15, -0.1) is 5.10 Å². The van der Waals surface area contributed by atoms with Crippen molar-refractivity contribution < 1.29 is 4.79 Å². The average Bonchev–Trinajstić information content (AvgIpc) is 2.86. The molecule has 0 saturated heterocycles. The summed E-state index contributed by atoms with van der Waals surface area (Å²) in [5, 5.41) is 11.3. The molecular weight excluding hydrogens is 278 g/mol. The Hall–Kier alpha value is -1.92. The van der Waals surface area contributed by atoms with Gasteiger partial charge in [0.1, 0.15) is 6.54 Å². The van der Waals surface area contributed by atoms with Crippen LogP contribution in [0.25, 0.3) is 0 Å². The fourth-order valence-corrected chi connectivity index (χ4v) is 1.81. The van der Waals surface area contributed by atoms with E-state index >= 15 is 0 Å². The normalized spacial score (nSPS) is 10.5. The van der Waals surface area contributed by atoms with E-state index in [0.29, 0.717) is 24.5 Å². The van der Waals surface area contributed by atoms with Gasteiger partial charge in [0.05, 0.1) is 5.69 Å². The number of amides is 1. The number of nitrogens with one attached hydrogen (secondary N) is 1. The number of hydrogen-bond acceptors (Lipinski definition) is 4. The minimum Gasteiger partial charge on any atom is -0.350 e. The van der Waals surface area contributed by atoms with Crippen molar-refractivity contribution in [1.82, 2.24) is 20.3 Å². The first-order chi connectivity index (χ1) is 9.67. The van der Waals surface area contributed by atoms with E-state index in [9.17, 15) is 4.79 Å². The quantitative estimate of drug-likeness (QED) is 0.823.